The van der Waals surface area contributed by atoms with Gasteiger partial charge in [0.05, 0.1) is 5.02 Å². The Kier molecular flexibility index (Phi) is 4.97. The summed E-state index contributed by atoms with van der Waals surface area (Å²) in [7, 11) is 0. The number of benzene rings is 1. The van der Waals surface area contributed by atoms with E-state index in [1.807, 2.05) is 6.92 Å². The highest BCUT2D eigenvalue weighted by Gasteiger charge is 2.38. The molecule has 22 heavy (non-hydrogen) atoms. The third-order valence-electron chi connectivity index (χ3n) is 3.19. The Balaban J connectivity index is 1.98. The van der Waals surface area contributed by atoms with E-state index in [0.717, 1.165) is 17.4 Å². The van der Waals surface area contributed by atoms with Gasteiger partial charge in [0.1, 0.15) is 18.4 Å². The van der Waals surface area contributed by atoms with Gasteiger partial charge < -0.3 is 10.6 Å². The predicted molar refractivity (Wildman–Crippen MR) is 79.0 cm³/mol. The molecule has 0 aliphatic carbocycles. The Morgan fingerprint density at radius 1 is 1.45 bits per heavy atom. The molecule has 1 heterocycles. The Labute approximate surface area is 131 Å². The zero-order valence-corrected chi connectivity index (χ0v) is 12.6. The van der Waals surface area contributed by atoms with Gasteiger partial charge >= 0.3 is 6.03 Å². The van der Waals surface area contributed by atoms with Crippen molar-refractivity contribution in [1.29, 1.82) is 0 Å². The van der Waals surface area contributed by atoms with Crippen LogP contribution < -0.4 is 10.6 Å². The Morgan fingerprint density at radius 2 is 2.18 bits per heavy atom. The van der Waals surface area contributed by atoms with Crippen molar-refractivity contribution < 1.29 is 18.8 Å². The summed E-state index contributed by atoms with van der Waals surface area (Å²) in [5.41, 5.74) is 0.286. The molecule has 1 unspecified atom stereocenters. The van der Waals surface area contributed by atoms with E-state index in [1.165, 1.54) is 12.1 Å². The van der Waals surface area contributed by atoms with E-state index in [2.05, 4.69) is 10.6 Å². The third kappa shape index (κ3) is 3.54. The molecule has 1 aliphatic rings. The van der Waals surface area contributed by atoms with Crippen LogP contribution in [0.1, 0.15) is 19.8 Å². The Hall–Kier alpha value is -2.15. The minimum absolute atomic E-state index is 0.129. The van der Waals surface area contributed by atoms with Gasteiger partial charge in [-0.3, -0.25) is 14.5 Å². The quantitative estimate of drug-likeness (QED) is 0.813. The lowest BCUT2D eigenvalue weighted by molar-refractivity contribution is -0.130. The molecule has 6 nitrogen and oxygen atoms in total. The van der Waals surface area contributed by atoms with Gasteiger partial charge in [0.15, 0.2) is 0 Å². The van der Waals surface area contributed by atoms with Crippen molar-refractivity contribution in [3.8, 4) is 0 Å². The summed E-state index contributed by atoms with van der Waals surface area (Å²) in [5.74, 6) is -1.58. The number of nitrogens with zero attached hydrogens (tertiary/aromatic N) is 1. The molecule has 2 rings (SSSR count). The number of carbonyl (C=O) groups excluding carboxylic acids is 3. The van der Waals surface area contributed by atoms with Crippen molar-refractivity contribution >= 4 is 35.1 Å². The van der Waals surface area contributed by atoms with Crippen LogP contribution in [0.5, 0.6) is 0 Å². The molecule has 1 aliphatic heterocycles. The highest BCUT2D eigenvalue weighted by atomic mass is 35.5. The summed E-state index contributed by atoms with van der Waals surface area (Å²) in [6, 6.07) is 2.54. The first-order valence-corrected chi connectivity index (χ1v) is 7.17. The molecule has 0 aromatic heterocycles. The fourth-order valence-electron chi connectivity index (χ4n) is 2.13. The summed E-state index contributed by atoms with van der Waals surface area (Å²) < 4.78 is 13.0. The monoisotopic (exact) mass is 327 g/mol. The fourth-order valence-corrected chi connectivity index (χ4v) is 2.31. The molecule has 0 radical (unpaired) electrons. The van der Waals surface area contributed by atoms with Crippen molar-refractivity contribution in [1.82, 2.24) is 10.2 Å². The number of urea groups is 1. The second kappa shape index (κ2) is 6.74. The van der Waals surface area contributed by atoms with Crippen LogP contribution in [0.2, 0.25) is 5.02 Å². The number of halogens is 2. The summed E-state index contributed by atoms with van der Waals surface area (Å²) >= 11 is 5.61. The first-order valence-electron chi connectivity index (χ1n) is 6.79. The van der Waals surface area contributed by atoms with Crippen LogP contribution in [0.3, 0.4) is 0 Å². The van der Waals surface area contributed by atoms with E-state index in [9.17, 15) is 18.8 Å². The third-order valence-corrected chi connectivity index (χ3v) is 3.48. The number of rotatable bonds is 5. The maximum Gasteiger partial charge on any atom is 0.325 e. The minimum Gasteiger partial charge on any atom is -0.326 e. The van der Waals surface area contributed by atoms with Crippen LogP contribution in [0.25, 0.3) is 0 Å². The van der Waals surface area contributed by atoms with Crippen molar-refractivity contribution in [3.63, 3.8) is 0 Å². The van der Waals surface area contributed by atoms with E-state index in [-0.39, 0.29) is 10.7 Å². The van der Waals surface area contributed by atoms with Crippen molar-refractivity contribution in [2.45, 2.75) is 25.8 Å². The normalized spacial score (nSPS) is 17.6. The number of carbonyl (C=O) groups is 3. The van der Waals surface area contributed by atoms with Gasteiger partial charge in [-0.05, 0) is 24.6 Å². The van der Waals surface area contributed by atoms with Gasteiger partial charge in [-0.25, -0.2) is 9.18 Å². The molecule has 4 amide bonds. The van der Waals surface area contributed by atoms with E-state index >= 15 is 0 Å². The average molecular weight is 328 g/mol. The molecular weight excluding hydrogens is 313 g/mol. The lowest BCUT2D eigenvalue weighted by Crippen LogP contribution is -2.38. The van der Waals surface area contributed by atoms with Crippen LogP contribution in [0, 0.1) is 5.82 Å². The molecule has 2 N–H and O–H groups in total. The van der Waals surface area contributed by atoms with Gasteiger partial charge in [0, 0.05) is 5.69 Å². The van der Waals surface area contributed by atoms with Crippen LogP contribution in [-0.4, -0.2) is 35.3 Å². The van der Waals surface area contributed by atoms with Crippen LogP contribution in [0.15, 0.2) is 18.2 Å². The number of amides is 4. The van der Waals surface area contributed by atoms with E-state index < -0.39 is 36.2 Å². The Bertz CT molecular complexity index is 623. The summed E-state index contributed by atoms with van der Waals surface area (Å²) in [6.45, 7) is 1.49. The molecule has 1 aromatic rings. The molecule has 8 heteroatoms. The summed E-state index contributed by atoms with van der Waals surface area (Å²) in [4.78, 5) is 36.4. The topological polar surface area (TPSA) is 78.5 Å². The number of hydrogen-bond acceptors (Lipinski definition) is 3. The molecular formula is C14H15ClFN3O3. The maximum absolute atomic E-state index is 13.0. The number of nitrogens with one attached hydrogen (secondary N) is 2. The van der Waals surface area contributed by atoms with Gasteiger partial charge in [0.25, 0.3) is 5.91 Å². The molecule has 0 saturated carbocycles. The highest BCUT2D eigenvalue weighted by Crippen LogP contribution is 2.19. The highest BCUT2D eigenvalue weighted by molar-refractivity contribution is 6.31. The maximum atomic E-state index is 13.0. The average Bonchev–Trinajstić information content (AvgIpc) is 2.71. The molecule has 1 saturated heterocycles. The van der Waals surface area contributed by atoms with Crippen molar-refractivity contribution in [2.24, 2.45) is 0 Å². The minimum atomic E-state index is -0.601. The first kappa shape index (κ1) is 16.2. The van der Waals surface area contributed by atoms with E-state index in [4.69, 9.17) is 11.6 Å². The zero-order chi connectivity index (χ0) is 16.3. The Morgan fingerprint density at radius 3 is 2.82 bits per heavy atom. The second-order valence-electron chi connectivity index (χ2n) is 4.89. The number of hydrogen-bond donors (Lipinski definition) is 2. The van der Waals surface area contributed by atoms with E-state index in [0.29, 0.717) is 6.42 Å². The largest absolute Gasteiger partial charge is 0.326 e. The van der Waals surface area contributed by atoms with Crippen LogP contribution >= 0.6 is 11.6 Å². The van der Waals surface area contributed by atoms with E-state index in [1.54, 1.807) is 0 Å². The van der Waals surface area contributed by atoms with Crippen molar-refractivity contribution in [3.05, 3.63) is 29.0 Å². The van der Waals surface area contributed by atoms with Crippen molar-refractivity contribution in [2.75, 3.05) is 11.9 Å². The fraction of sp³-hybridized carbons (Fsp3) is 0.357. The SMILES string of the molecule is CCCC1NC(=O)N(CC(=O)Nc2ccc(F)c(Cl)c2)C1=O. The molecule has 0 spiro atoms. The predicted octanol–water partition coefficient (Wildman–Crippen LogP) is 2.14. The van der Waals surface area contributed by atoms with Gasteiger partial charge in [-0.2, -0.15) is 0 Å². The lowest BCUT2D eigenvalue weighted by Gasteiger charge is -2.13. The molecule has 0 bridgehead atoms. The van der Waals surface area contributed by atoms with Crippen LogP contribution in [-0.2, 0) is 9.59 Å². The van der Waals surface area contributed by atoms with Gasteiger partial charge in [-0.1, -0.05) is 24.9 Å². The molecule has 1 fully saturated rings. The summed E-state index contributed by atoms with van der Waals surface area (Å²) in [5, 5.41) is 4.86. The standard InChI is InChI=1S/C14H15ClFN3O3/c1-2-3-11-13(21)19(14(22)18-11)7-12(20)17-8-4-5-10(16)9(15)6-8/h4-6,11H,2-3,7H2,1H3,(H,17,20)(H,18,22). The molecule has 1 aromatic carbocycles. The number of anilines is 1. The zero-order valence-electron chi connectivity index (χ0n) is 11.9. The van der Waals surface area contributed by atoms with Gasteiger partial charge in [-0.15, -0.1) is 0 Å². The first-order chi connectivity index (χ1) is 10.4. The van der Waals surface area contributed by atoms with Crippen LogP contribution in [0.4, 0.5) is 14.9 Å². The second-order valence-corrected chi connectivity index (χ2v) is 5.30. The number of imide groups is 1. The van der Waals surface area contributed by atoms with Gasteiger partial charge in [0.2, 0.25) is 5.91 Å². The molecule has 1 atom stereocenters. The molecule has 118 valence electrons. The smallest absolute Gasteiger partial charge is 0.325 e. The summed E-state index contributed by atoms with van der Waals surface area (Å²) in [6.07, 6.45) is 1.26. The lowest BCUT2D eigenvalue weighted by atomic mass is 10.2.